The minimum Gasteiger partial charge on any atom is -0.480 e. The maximum Gasteiger partial charge on any atom is 0.326 e. The second-order valence-electron chi connectivity index (χ2n) is 6.02. The van der Waals surface area contributed by atoms with E-state index in [2.05, 4.69) is 5.32 Å². The molecule has 0 heterocycles. The molecule has 1 aliphatic carbocycles. The van der Waals surface area contributed by atoms with E-state index in [1.807, 2.05) is 0 Å². The van der Waals surface area contributed by atoms with Crippen molar-refractivity contribution in [1.82, 2.24) is 5.32 Å². The zero-order valence-electron chi connectivity index (χ0n) is 12.2. The van der Waals surface area contributed by atoms with Crippen LogP contribution in [0.15, 0.2) is 0 Å². The Labute approximate surface area is 116 Å². The number of carboxylic acids is 1. The van der Waals surface area contributed by atoms with E-state index in [0.717, 1.165) is 18.8 Å². The zero-order valence-corrected chi connectivity index (χ0v) is 12.2. The summed E-state index contributed by atoms with van der Waals surface area (Å²) in [5.74, 6) is -0.380. The minimum atomic E-state index is -0.948. The van der Waals surface area contributed by atoms with E-state index in [1.165, 1.54) is 32.1 Å². The summed E-state index contributed by atoms with van der Waals surface area (Å²) >= 11 is 0. The molecule has 0 unspecified atom stereocenters. The zero-order chi connectivity index (χ0) is 14.3. The summed E-state index contributed by atoms with van der Waals surface area (Å²) in [4.78, 5) is 22.7. The van der Waals surface area contributed by atoms with Gasteiger partial charge in [-0.3, -0.25) is 4.79 Å². The van der Waals surface area contributed by atoms with Crippen LogP contribution in [0.1, 0.15) is 65.2 Å². The first kappa shape index (κ1) is 16.0. The van der Waals surface area contributed by atoms with Gasteiger partial charge in [-0.05, 0) is 24.7 Å². The fraction of sp³-hybridized carbons (Fsp3) is 0.867. The summed E-state index contributed by atoms with van der Waals surface area (Å²) < 4.78 is 0. The molecule has 0 saturated heterocycles. The van der Waals surface area contributed by atoms with Crippen molar-refractivity contribution < 1.29 is 14.7 Å². The molecule has 0 spiro atoms. The molecule has 0 aliphatic heterocycles. The van der Waals surface area contributed by atoms with Gasteiger partial charge >= 0.3 is 5.97 Å². The number of hydrogen-bond acceptors (Lipinski definition) is 2. The van der Waals surface area contributed by atoms with Gasteiger partial charge in [0.2, 0.25) is 5.91 Å². The molecule has 1 rings (SSSR count). The maximum atomic E-state index is 11.7. The van der Waals surface area contributed by atoms with E-state index in [1.54, 1.807) is 13.8 Å². The lowest BCUT2D eigenvalue weighted by atomic mass is 9.86. The summed E-state index contributed by atoms with van der Waals surface area (Å²) in [6.07, 6.45) is 9.03. The Balaban J connectivity index is 2.21. The van der Waals surface area contributed by atoms with Gasteiger partial charge in [0.15, 0.2) is 0 Å². The van der Waals surface area contributed by atoms with Crippen LogP contribution in [-0.2, 0) is 9.59 Å². The maximum absolute atomic E-state index is 11.7. The predicted octanol–water partition coefficient (Wildman–Crippen LogP) is 2.96. The Bertz CT molecular complexity index is 296. The topological polar surface area (TPSA) is 66.4 Å². The van der Waals surface area contributed by atoms with Gasteiger partial charge in [0, 0.05) is 6.42 Å². The molecule has 0 bridgehead atoms. The van der Waals surface area contributed by atoms with Crippen LogP contribution in [0.4, 0.5) is 0 Å². The largest absolute Gasteiger partial charge is 0.480 e. The van der Waals surface area contributed by atoms with Gasteiger partial charge in [0.1, 0.15) is 6.04 Å². The van der Waals surface area contributed by atoms with E-state index in [0.29, 0.717) is 6.42 Å². The fourth-order valence-corrected chi connectivity index (χ4v) is 2.79. The molecule has 2 N–H and O–H groups in total. The number of carboxylic acid groups (broad SMARTS) is 1. The molecule has 4 heteroatoms. The normalized spacial score (nSPS) is 18.3. The Morgan fingerprint density at radius 2 is 1.84 bits per heavy atom. The second-order valence-corrected chi connectivity index (χ2v) is 6.02. The first-order valence-corrected chi connectivity index (χ1v) is 7.53. The molecule has 1 aliphatic rings. The van der Waals surface area contributed by atoms with Crippen LogP contribution in [0.25, 0.3) is 0 Å². The Kier molecular flexibility index (Phi) is 6.89. The van der Waals surface area contributed by atoms with Gasteiger partial charge in [-0.25, -0.2) is 4.79 Å². The molecule has 0 aromatic heterocycles. The average molecular weight is 269 g/mol. The van der Waals surface area contributed by atoms with Crippen LogP contribution in [0.3, 0.4) is 0 Å². The summed E-state index contributed by atoms with van der Waals surface area (Å²) in [5, 5.41) is 11.6. The quantitative estimate of drug-likeness (QED) is 0.746. The molecule has 1 atom stereocenters. The van der Waals surface area contributed by atoms with Crippen molar-refractivity contribution in [3.8, 4) is 0 Å². The standard InChI is InChI=1S/C15H27NO3/c1-11(2)14(15(18)19)16-13(17)10-6-9-12-7-4-3-5-8-12/h11-12,14H,3-10H2,1-2H3,(H,16,17)(H,18,19)/t14-/m0/s1. The van der Waals surface area contributed by atoms with Crippen LogP contribution in [0, 0.1) is 11.8 Å². The second kappa shape index (κ2) is 8.18. The van der Waals surface area contributed by atoms with Crippen molar-refractivity contribution in [2.75, 3.05) is 0 Å². The fourth-order valence-electron chi connectivity index (χ4n) is 2.79. The third-order valence-corrected chi connectivity index (χ3v) is 3.99. The highest BCUT2D eigenvalue weighted by atomic mass is 16.4. The molecular formula is C15H27NO3. The van der Waals surface area contributed by atoms with Crippen molar-refractivity contribution in [2.24, 2.45) is 11.8 Å². The number of carbonyl (C=O) groups excluding carboxylic acids is 1. The molecule has 1 fully saturated rings. The van der Waals surface area contributed by atoms with Crippen molar-refractivity contribution in [2.45, 2.75) is 71.3 Å². The molecule has 110 valence electrons. The van der Waals surface area contributed by atoms with Gasteiger partial charge in [0.05, 0.1) is 0 Å². The number of nitrogens with one attached hydrogen (secondary N) is 1. The van der Waals surface area contributed by atoms with Crippen molar-refractivity contribution in [3.63, 3.8) is 0 Å². The molecule has 19 heavy (non-hydrogen) atoms. The van der Waals surface area contributed by atoms with E-state index >= 15 is 0 Å². The van der Waals surface area contributed by atoms with Crippen LogP contribution in [-0.4, -0.2) is 23.0 Å². The molecule has 0 aromatic carbocycles. The van der Waals surface area contributed by atoms with E-state index < -0.39 is 12.0 Å². The first-order chi connectivity index (χ1) is 9.00. The lowest BCUT2D eigenvalue weighted by molar-refractivity contribution is -0.143. The van der Waals surface area contributed by atoms with E-state index in [9.17, 15) is 9.59 Å². The van der Waals surface area contributed by atoms with Crippen LogP contribution in [0.5, 0.6) is 0 Å². The molecule has 1 amide bonds. The van der Waals surface area contributed by atoms with Crippen molar-refractivity contribution in [1.29, 1.82) is 0 Å². The molecule has 4 nitrogen and oxygen atoms in total. The predicted molar refractivity (Wildman–Crippen MR) is 74.8 cm³/mol. The summed E-state index contributed by atoms with van der Waals surface area (Å²) in [6.45, 7) is 3.61. The highest BCUT2D eigenvalue weighted by molar-refractivity contribution is 5.83. The average Bonchev–Trinajstić information content (AvgIpc) is 2.36. The Morgan fingerprint density at radius 1 is 1.21 bits per heavy atom. The van der Waals surface area contributed by atoms with Crippen molar-refractivity contribution >= 4 is 11.9 Å². The van der Waals surface area contributed by atoms with Crippen LogP contribution in [0.2, 0.25) is 0 Å². The highest BCUT2D eigenvalue weighted by Crippen LogP contribution is 2.27. The lowest BCUT2D eigenvalue weighted by Gasteiger charge is -2.21. The number of carbonyl (C=O) groups is 2. The highest BCUT2D eigenvalue weighted by Gasteiger charge is 2.23. The molecular weight excluding hydrogens is 242 g/mol. The summed E-state index contributed by atoms with van der Waals surface area (Å²) in [6, 6.07) is -0.762. The molecule has 0 radical (unpaired) electrons. The number of amides is 1. The van der Waals surface area contributed by atoms with Gasteiger partial charge in [-0.15, -0.1) is 0 Å². The van der Waals surface area contributed by atoms with E-state index in [-0.39, 0.29) is 11.8 Å². The molecule has 0 aromatic rings. The lowest BCUT2D eigenvalue weighted by Crippen LogP contribution is -2.44. The van der Waals surface area contributed by atoms with Crippen molar-refractivity contribution in [3.05, 3.63) is 0 Å². The molecule has 1 saturated carbocycles. The third kappa shape index (κ3) is 6.08. The SMILES string of the molecule is CC(C)[C@H](NC(=O)CCCC1CCCCC1)C(=O)O. The summed E-state index contributed by atoms with van der Waals surface area (Å²) in [5.41, 5.74) is 0. The van der Waals surface area contributed by atoms with Crippen LogP contribution < -0.4 is 5.32 Å². The number of aliphatic carboxylic acids is 1. The Morgan fingerprint density at radius 3 is 2.37 bits per heavy atom. The van der Waals surface area contributed by atoms with Gasteiger partial charge < -0.3 is 10.4 Å². The van der Waals surface area contributed by atoms with Crippen LogP contribution >= 0.6 is 0 Å². The van der Waals surface area contributed by atoms with E-state index in [4.69, 9.17) is 5.11 Å². The monoisotopic (exact) mass is 269 g/mol. The summed E-state index contributed by atoms with van der Waals surface area (Å²) in [7, 11) is 0. The first-order valence-electron chi connectivity index (χ1n) is 7.53. The Hall–Kier alpha value is -1.06. The minimum absolute atomic E-state index is 0.0835. The van der Waals surface area contributed by atoms with Gasteiger partial charge in [-0.2, -0.15) is 0 Å². The van der Waals surface area contributed by atoms with Gasteiger partial charge in [-0.1, -0.05) is 46.0 Å². The van der Waals surface area contributed by atoms with Gasteiger partial charge in [0.25, 0.3) is 0 Å². The number of hydrogen-bond donors (Lipinski definition) is 2. The third-order valence-electron chi connectivity index (χ3n) is 3.99. The smallest absolute Gasteiger partial charge is 0.326 e. The number of rotatable bonds is 7.